The van der Waals surface area contributed by atoms with Gasteiger partial charge in [0.05, 0.1) is 12.1 Å². The van der Waals surface area contributed by atoms with Crippen LogP contribution < -0.4 is 11.1 Å². The molecule has 0 fully saturated rings. The summed E-state index contributed by atoms with van der Waals surface area (Å²) in [5.41, 5.74) is 8.45. The number of hydrogen-bond donors (Lipinski definition) is 4. The summed E-state index contributed by atoms with van der Waals surface area (Å²) in [6, 6.07) is 0.130. The molecule has 2 aromatic rings. The number of H-pyrrole nitrogens is 1. The molecule has 110 valence electrons. The van der Waals surface area contributed by atoms with E-state index < -0.39 is 0 Å². The number of hydrogen-bond acceptors (Lipinski definition) is 5. The van der Waals surface area contributed by atoms with Crippen LogP contribution in [-0.4, -0.2) is 32.7 Å². The van der Waals surface area contributed by atoms with E-state index in [2.05, 4.69) is 27.2 Å². The summed E-state index contributed by atoms with van der Waals surface area (Å²) in [7, 11) is 0. The van der Waals surface area contributed by atoms with E-state index in [9.17, 15) is 5.11 Å². The van der Waals surface area contributed by atoms with Gasteiger partial charge >= 0.3 is 0 Å². The largest absolute Gasteiger partial charge is 0.395 e. The Kier molecular flexibility index (Phi) is 5.31. The van der Waals surface area contributed by atoms with Gasteiger partial charge in [-0.25, -0.2) is 9.97 Å². The van der Waals surface area contributed by atoms with E-state index in [1.54, 1.807) is 0 Å². The summed E-state index contributed by atoms with van der Waals surface area (Å²) < 4.78 is 0. The lowest BCUT2D eigenvalue weighted by atomic mass is 10.1. The van der Waals surface area contributed by atoms with Crippen LogP contribution in [0.3, 0.4) is 0 Å². The zero-order chi connectivity index (χ0) is 14.4. The van der Waals surface area contributed by atoms with Crippen molar-refractivity contribution in [2.24, 2.45) is 0 Å². The van der Waals surface area contributed by atoms with E-state index in [0.29, 0.717) is 12.4 Å². The molecule has 0 aliphatic heterocycles. The highest BCUT2D eigenvalue weighted by Crippen LogP contribution is 2.19. The number of aliphatic hydroxyl groups excluding tert-OH is 1. The number of unbranched alkanes of at least 4 members (excludes halogenated alkanes) is 2. The van der Waals surface area contributed by atoms with Gasteiger partial charge in [-0.1, -0.05) is 26.2 Å². The van der Waals surface area contributed by atoms with E-state index in [4.69, 9.17) is 5.73 Å². The first kappa shape index (κ1) is 14.7. The highest BCUT2D eigenvalue weighted by Gasteiger charge is 2.11. The minimum Gasteiger partial charge on any atom is -0.395 e. The van der Waals surface area contributed by atoms with E-state index >= 15 is 0 Å². The van der Waals surface area contributed by atoms with Crippen LogP contribution >= 0.6 is 0 Å². The van der Waals surface area contributed by atoms with Crippen LogP contribution in [0.1, 0.15) is 38.2 Å². The fourth-order valence-electron chi connectivity index (χ4n) is 2.30. The predicted molar refractivity (Wildman–Crippen MR) is 80.2 cm³/mol. The van der Waals surface area contributed by atoms with Crippen molar-refractivity contribution in [1.82, 2.24) is 20.3 Å². The van der Waals surface area contributed by atoms with Crippen LogP contribution in [0.15, 0.2) is 12.5 Å². The Hall–Kier alpha value is -1.66. The van der Waals surface area contributed by atoms with Gasteiger partial charge in [0.25, 0.3) is 0 Å². The number of aromatic nitrogens is 3. The molecule has 0 spiro atoms. The second kappa shape index (κ2) is 7.21. The Morgan fingerprint density at radius 2 is 2.25 bits per heavy atom. The van der Waals surface area contributed by atoms with Crippen LogP contribution in [0.5, 0.6) is 0 Å². The third-order valence-electron chi connectivity index (χ3n) is 3.53. The number of anilines is 1. The summed E-state index contributed by atoms with van der Waals surface area (Å²) in [6.45, 7) is 2.99. The first-order valence-corrected chi connectivity index (χ1v) is 7.17. The number of rotatable bonds is 8. The summed E-state index contributed by atoms with van der Waals surface area (Å²) >= 11 is 0. The van der Waals surface area contributed by atoms with Crippen LogP contribution in [0.2, 0.25) is 0 Å². The van der Waals surface area contributed by atoms with Gasteiger partial charge in [-0.15, -0.1) is 0 Å². The number of aromatic amines is 1. The molecule has 5 N–H and O–H groups in total. The summed E-state index contributed by atoms with van der Waals surface area (Å²) in [4.78, 5) is 11.3. The van der Waals surface area contributed by atoms with Crippen molar-refractivity contribution in [1.29, 1.82) is 0 Å². The lowest BCUT2D eigenvalue weighted by Crippen LogP contribution is -2.31. The lowest BCUT2D eigenvalue weighted by molar-refractivity contribution is 0.232. The molecule has 0 bridgehead atoms. The number of fused-ring (bicyclic) bond motifs is 1. The predicted octanol–water partition coefficient (Wildman–Crippen LogP) is 1.57. The highest BCUT2D eigenvalue weighted by molar-refractivity contribution is 5.86. The molecule has 2 heterocycles. The number of nitrogens with one attached hydrogen (secondary N) is 2. The second-order valence-electron chi connectivity index (χ2n) is 5.05. The second-order valence-corrected chi connectivity index (χ2v) is 5.05. The van der Waals surface area contributed by atoms with Gasteiger partial charge in [0, 0.05) is 24.3 Å². The third-order valence-corrected chi connectivity index (χ3v) is 3.53. The molecule has 1 unspecified atom stereocenters. The molecular formula is C14H23N5O. The van der Waals surface area contributed by atoms with Gasteiger partial charge in [0.1, 0.15) is 11.8 Å². The topological polar surface area (TPSA) is 99.8 Å². The van der Waals surface area contributed by atoms with Gasteiger partial charge in [0.15, 0.2) is 5.82 Å². The minimum atomic E-state index is 0.130. The van der Waals surface area contributed by atoms with E-state index in [1.165, 1.54) is 19.2 Å². The van der Waals surface area contributed by atoms with Crippen LogP contribution in [0.25, 0.3) is 11.0 Å². The summed E-state index contributed by atoms with van der Waals surface area (Å²) in [6.07, 6.45) is 7.89. The van der Waals surface area contributed by atoms with Gasteiger partial charge < -0.3 is 21.1 Å². The molecule has 2 aromatic heterocycles. The molecule has 0 amide bonds. The van der Waals surface area contributed by atoms with Gasteiger partial charge in [-0.05, 0) is 6.42 Å². The molecular weight excluding hydrogens is 254 g/mol. The van der Waals surface area contributed by atoms with Crippen LogP contribution in [0, 0.1) is 0 Å². The third kappa shape index (κ3) is 3.46. The van der Waals surface area contributed by atoms with Crippen molar-refractivity contribution in [2.45, 2.75) is 45.2 Å². The molecule has 6 heteroatoms. The fraction of sp³-hybridized carbons (Fsp3) is 0.571. The van der Waals surface area contributed by atoms with Crippen molar-refractivity contribution in [2.75, 3.05) is 12.3 Å². The standard InChI is InChI=1S/C14H23N5O/c1-2-3-4-5-11(8-20)16-6-10-7-17-13-12(10)18-9-19-14(13)15/h7,9,11,16-17,20H,2-6,8H2,1H3,(H2,15,18,19). The maximum Gasteiger partial charge on any atom is 0.151 e. The normalized spacial score (nSPS) is 12.9. The Labute approximate surface area is 118 Å². The summed E-state index contributed by atoms with van der Waals surface area (Å²) in [5.74, 6) is 0.461. The molecule has 6 nitrogen and oxygen atoms in total. The zero-order valence-electron chi connectivity index (χ0n) is 11.9. The summed E-state index contributed by atoms with van der Waals surface area (Å²) in [5, 5.41) is 12.8. The number of nitrogen functional groups attached to an aromatic ring is 1. The lowest BCUT2D eigenvalue weighted by Gasteiger charge is -2.15. The van der Waals surface area contributed by atoms with E-state index in [-0.39, 0.29) is 12.6 Å². The van der Waals surface area contributed by atoms with Crippen molar-refractivity contribution < 1.29 is 5.11 Å². The molecule has 0 radical (unpaired) electrons. The molecule has 0 aromatic carbocycles. The number of nitrogens with two attached hydrogens (primary N) is 1. The molecule has 0 aliphatic rings. The Balaban J connectivity index is 1.96. The molecule has 0 aliphatic carbocycles. The molecule has 0 saturated heterocycles. The quantitative estimate of drug-likeness (QED) is 0.549. The van der Waals surface area contributed by atoms with Gasteiger partial charge in [0.2, 0.25) is 0 Å². The fourth-order valence-corrected chi connectivity index (χ4v) is 2.30. The molecule has 2 rings (SSSR count). The van der Waals surface area contributed by atoms with E-state index in [1.807, 2.05) is 6.20 Å². The molecule has 20 heavy (non-hydrogen) atoms. The van der Waals surface area contributed by atoms with Gasteiger partial charge in [-0.3, -0.25) is 0 Å². The van der Waals surface area contributed by atoms with Crippen molar-refractivity contribution in [3.63, 3.8) is 0 Å². The first-order chi connectivity index (χ1) is 9.76. The SMILES string of the molecule is CCCCCC(CO)NCc1c[nH]c2c(N)ncnc12. The highest BCUT2D eigenvalue weighted by atomic mass is 16.3. The Morgan fingerprint density at radius 1 is 1.40 bits per heavy atom. The average Bonchev–Trinajstić information content (AvgIpc) is 2.87. The maximum absolute atomic E-state index is 9.40. The van der Waals surface area contributed by atoms with E-state index in [0.717, 1.165) is 29.4 Å². The molecule has 0 saturated carbocycles. The van der Waals surface area contributed by atoms with Crippen LogP contribution in [0.4, 0.5) is 5.82 Å². The smallest absolute Gasteiger partial charge is 0.151 e. The number of nitrogens with zero attached hydrogens (tertiary/aromatic N) is 2. The van der Waals surface area contributed by atoms with Gasteiger partial charge in [-0.2, -0.15) is 0 Å². The average molecular weight is 277 g/mol. The van der Waals surface area contributed by atoms with Crippen molar-refractivity contribution in [3.8, 4) is 0 Å². The zero-order valence-corrected chi connectivity index (χ0v) is 11.9. The minimum absolute atomic E-state index is 0.130. The van der Waals surface area contributed by atoms with Crippen molar-refractivity contribution >= 4 is 16.9 Å². The van der Waals surface area contributed by atoms with Crippen LogP contribution in [-0.2, 0) is 6.54 Å². The Bertz CT molecular complexity index is 539. The monoisotopic (exact) mass is 277 g/mol. The maximum atomic E-state index is 9.40. The number of aliphatic hydroxyl groups is 1. The first-order valence-electron chi connectivity index (χ1n) is 7.17. The Morgan fingerprint density at radius 3 is 3.00 bits per heavy atom. The molecule has 1 atom stereocenters. The van der Waals surface area contributed by atoms with Crippen molar-refractivity contribution in [3.05, 3.63) is 18.1 Å².